The average molecular weight is 253 g/mol. The van der Waals surface area contributed by atoms with E-state index in [1.807, 2.05) is 7.05 Å². The summed E-state index contributed by atoms with van der Waals surface area (Å²) in [5.41, 5.74) is 12.3. The highest BCUT2D eigenvalue weighted by Gasteiger charge is 2.25. The summed E-state index contributed by atoms with van der Waals surface area (Å²) in [6.45, 7) is 6.10. The third-order valence-electron chi connectivity index (χ3n) is 3.01. The minimum atomic E-state index is -0.623. The predicted octanol–water partition coefficient (Wildman–Crippen LogP) is 0.878. The molecule has 6 nitrogen and oxygen atoms in total. The van der Waals surface area contributed by atoms with Crippen molar-refractivity contribution in [2.24, 2.45) is 18.2 Å². The first kappa shape index (κ1) is 14.3. The normalized spacial score (nSPS) is 11.6. The first-order valence-corrected chi connectivity index (χ1v) is 6.14. The lowest BCUT2D eigenvalue weighted by atomic mass is 9.93. The average Bonchev–Trinajstić information content (AvgIpc) is 2.52. The Morgan fingerprint density at radius 3 is 2.61 bits per heavy atom. The van der Waals surface area contributed by atoms with Crippen LogP contribution < -0.4 is 16.8 Å². The Morgan fingerprint density at radius 2 is 2.11 bits per heavy atom. The molecule has 0 aliphatic carbocycles. The van der Waals surface area contributed by atoms with Gasteiger partial charge in [0, 0.05) is 13.6 Å². The molecule has 0 bridgehead atoms. The molecular weight excluding hydrogens is 230 g/mol. The second kappa shape index (κ2) is 5.29. The number of nitrogens with one attached hydrogen (secondary N) is 1. The van der Waals surface area contributed by atoms with Gasteiger partial charge in [-0.2, -0.15) is 5.10 Å². The number of nitrogen functional groups attached to an aromatic ring is 1. The summed E-state index contributed by atoms with van der Waals surface area (Å²) in [6, 6.07) is 0. The maximum absolute atomic E-state index is 11.2. The molecular formula is C12H23N5O. The first-order valence-electron chi connectivity index (χ1n) is 6.14. The van der Waals surface area contributed by atoms with Gasteiger partial charge in [-0.25, -0.2) is 0 Å². The molecule has 1 rings (SSSR count). The maximum atomic E-state index is 11.2. The molecule has 0 aromatic carbocycles. The monoisotopic (exact) mass is 253 g/mol. The molecule has 1 aromatic rings. The van der Waals surface area contributed by atoms with Crippen LogP contribution in [0.1, 0.15) is 32.9 Å². The molecule has 0 unspecified atom stereocenters. The molecule has 0 atom stereocenters. The van der Waals surface area contributed by atoms with Gasteiger partial charge >= 0.3 is 0 Å². The van der Waals surface area contributed by atoms with Crippen LogP contribution in [0.3, 0.4) is 0 Å². The lowest BCUT2D eigenvalue weighted by Crippen LogP contribution is -2.37. The van der Waals surface area contributed by atoms with Gasteiger partial charge in [0.25, 0.3) is 0 Å². The van der Waals surface area contributed by atoms with E-state index >= 15 is 0 Å². The van der Waals surface area contributed by atoms with Crippen molar-refractivity contribution < 1.29 is 4.79 Å². The molecule has 1 amide bonds. The Labute approximate surface area is 108 Å². The number of hydrogen-bond donors (Lipinski definition) is 3. The van der Waals surface area contributed by atoms with Gasteiger partial charge in [-0.05, 0) is 20.3 Å². The minimum absolute atomic E-state index is 0.343. The van der Waals surface area contributed by atoms with Crippen LogP contribution in [0.25, 0.3) is 0 Å². The van der Waals surface area contributed by atoms with Gasteiger partial charge in [-0.1, -0.05) is 13.3 Å². The molecule has 1 aromatic heterocycles. The molecule has 5 N–H and O–H groups in total. The quantitative estimate of drug-likeness (QED) is 0.700. The molecule has 0 saturated carbocycles. The molecule has 18 heavy (non-hydrogen) atoms. The van der Waals surface area contributed by atoms with Crippen LogP contribution in [0.4, 0.5) is 11.5 Å². The standard InChI is InChI=1S/C12H23N5O/c1-5-6-8-9(13)10(17(4)16-8)15-7-12(2,3)11(14)18/h15H,5-7,13H2,1-4H3,(H2,14,18). The Morgan fingerprint density at radius 1 is 1.50 bits per heavy atom. The first-order chi connectivity index (χ1) is 8.29. The van der Waals surface area contributed by atoms with Crippen molar-refractivity contribution in [3.8, 4) is 0 Å². The van der Waals surface area contributed by atoms with Crippen molar-refractivity contribution in [3.63, 3.8) is 0 Å². The van der Waals surface area contributed by atoms with E-state index < -0.39 is 5.41 Å². The molecule has 0 fully saturated rings. The van der Waals surface area contributed by atoms with E-state index in [9.17, 15) is 4.79 Å². The Hall–Kier alpha value is -1.72. The van der Waals surface area contributed by atoms with Crippen LogP contribution in [-0.4, -0.2) is 22.2 Å². The van der Waals surface area contributed by atoms with Crippen LogP contribution >= 0.6 is 0 Å². The van der Waals surface area contributed by atoms with E-state index in [-0.39, 0.29) is 5.91 Å². The number of anilines is 2. The van der Waals surface area contributed by atoms with E-state index in [4.69, 9.17) is 11.5 Å². The van der Waals surface area contributed by atoms with Crippen LogP contribution in [0.15, 0.2) is 0 Å². The number of aryl methyl sites for hydroxylation is 2. The Balaban J connectivity index is 2.82. The minimum Gasteiger partial charge on any atom is -0.394 e. The molecule has 0 aliphatic heterocycles. The highest BCUT2D eigenvalue weighted by Crippen LogP contribution is 2.24. The second-order valence-electron chi connectivity index (χ2n) is 5.18. The second-order valence-corrected chi connectivity index (χ2v) is 5.18. The molecule has 1 heterocycles. The molecule has 0 aliphatic rings. The molecule has 6 heteroatoms. The van der Waals surface area contributed by atoms with Gasteiger partial charge < -0.3 is 16.8 Å². The van der Waals surface area contributed by atoms with Crippen molar-refractivity contribution >= 4 is 17.4 Å². The number of carbonyl (C=O) groups excluding carboxylic acids is 1. The fourth-order valence-electron chi connectivity index (χ4n) is 1.62. The molecule has 102 valence electrons. The van der Waals surface area contributed by atoms with Crippen molar-refractivity contribution in [1.29, 1.82) is 0 Å². The highest BCUT2D eigenvalue weighted by atomic mass is 16.1. The van der Waals surface area contributed by atoms with Gasteiger partial charge in [0.05, 0.1) is 16.8 Å². The van der Waals surface area contributed by atoms with Crippen LogP contribution in [0, 0.1) is 5.41 Å². The fourth-order valence-corrected chi connectivity index (χ4v) is 1.62. The lowest BCUT2D eigenvalue weighted by molar-refractivity contribution is -0.125. The maximum Gasteiger partial charge on any atom is 0.224 e. The van der Waals surface area contributed by atoms with Crippen molar-refractivity contribution in [1.82, 2.24) is 9.78 Å². The highest BCUT2D eigenvalue weighted by molar-refractivity contribution is 5.80. The topological polar surface area (TPSA) is 99.0 Å². The van der Waals surface area contributed by atoms with Crippen LogP contribution in [-0.2, 0) is 18.3 Å². The van der Waals surface area contributed by atoms with E-state index in [2.05, 4.69) is 17.3 Å². The number of aromatic nitrogens is 2. The van der Waals surface area contributed by atoms with Crippen molar-refractivity contribution in [2.45, 2.75) is 33.6 Å². The van der Waals surface area contributed by atoms with Gasteiger partial charge in [-0.3, -0.25) is 9.48 Å². The van der Waals surface area contributed by atoms with Crippen LogP contribution in [0.5, 0.6) is 0 Å². The third kappa shape index (κ3) is 2.94. The van der Waals surface area contributed by atoms with Gasteiger partial charge in [-0.15, -0.1) is 0 Å². The van der Waals surface area contributed by atoms with E-state index in [0.717, 1.165) is 24.4 Å². The van der Waals surface area contributed by atoms with Crippen molar-refractivity contribution in [3.05, 3.63) is 5.69 Å². The van der Waals surface area contributed by atoms with Gasteiger partial charge in [0.15, 0.2) is 0 Å². The van der Waals surface area contributed by atoms with Crippen LogP contribution in [0.2, 0.25) is 0 Å². The third-order valence-corrected chi connectivity index (χ3v) is 3.01. The number of nitrogens with zero attached hydrogens (tertiary/aromatic N) is 2. The SMILES string of the molecule is CCCc1nn(C)c(NCC(C)(C)C(N)=O)c1N. The number of rotatable bonds is 6. The summed E-state index contributed by atoms with van der Waals surface area (Å²) in [7, 11) is 1.83. The smallest absolute Gasteiger partial charge is 0.224 e. The number of carbonyl (C=O) groups is 1. The lowest BCUT2D eigenvalue weighted by Gasteiger charge is -2.21. The van der Waals surface area contributed by atoms with Gasteiger partial charge in [0.2, 0.25) is 5.91 Å². The summed E-state index contributed by atoms with van der Waals surface area (Å²) < 4.78 is 1.71. The summed E-state index contributed by atoms with van der Waals surface area (Å²) >= 11 is 0. The number of nitrogens with two attached hydrogens (primary N) is 2. The summed E-state index contributed by atoms with van der Waals surface area (Å²) in [5, 5.41) is 7.51. The van der Waals surface area contributed by atoms with Gasteiger partial charge in [0.1, 0.15) is 5.82 Å². The summed E-state index contributed by atoms with van der Waals surface area (Å²) in [4.78, 5) is 11.2. The summed E-state index contributed by atoms with van der Waals surface area (Å²) in [5.74, 6) is 0.400. The Kier molecular flexibility index (Phi) is 4.21. The fraction of sp³-hybridized carbons (Fsp3) is 0.667. The zero-order chi connectivity index (χ0) is 13.9. The van der Waals surface area contributed by atoms with E-state index in [1.54, 1.807) is 18.5 Å². The Bertz CT molecular complexity index is 436. The summed E-state index contributed by atoms with van der Waals surface area (Å²) in [6.07, 6.45) is 1.84. The molecule has 0 saturated heterocycles. The molecule has 0 radical (unpaired) electrons. The zero-order valence-corrected chi connectivity index (χ0v) is 11.6. The number of primary amides is 1. The van der Waals surface area contributed by atoms with E-state index in [0.29, 0.717) is 12.2 Å². The largest absolute Gasteiger partial charge is 0.394 e. The molecule has 0 spiro atoms. The van der Waals surface area contributed by atoms with E-state index in [1.165, 1.54) is 0 Å². The number of hydrogen-bond acceptors (Lipinski definition) is 4. The number of amides is 1. The predicted molar refractivity (Wildman–Crippen MR) is 73.1 cm³/mol. The zero-order valence-electron chi connectivity index (χ0n) is 11.6. The van der Waals surface area contributed by atoms with Crippen molar-refractivity contribution in [2.75, 3.05) is 17.6 Å².